The largest absolute Gasteiger partial charge is 0.385 e. The minimum Gasteiger partial charge on any atom is -0.385 e. The fraction of sp³-hybridized carbons (Fsp3) is 0.923. The topological polar surface area (TPSA) is 73.6 Å². The second kappa shape index (κ2) is 8.45. The number of rotatable bonds is 8. The van der Waals surface area contributed by atoms with E-state index in [1.165, 1.54) is 19.3 Å². The molecule has 5 nitrogen and oxygen atoms in total. The molecule has 1 aliphatic rings. The minimum atomic E-state index is -0.214. The van der Waals surface area contributed by atoms with Gasteiger partial charge in [0, 0.05) is 25.8 Å². The van der Waals surface area contributed by atoms with Crippen molar-refractivity contribution in [2.45, 2.75) is 44.1 Å². The molecule has 0 unspecified atom stereocenters. The van der Waals surface area contributed by atoms with Crippen LogP contribution in [0, 0.1) is 0 Å². The van der Waals surface area contributed by atoms with Crippen LogP contribution in [0.15, 0.2) is 0 Å². The highest BCUT2D eigenvalue weighted by molar-refractivity contribution is 5.77. The zero-order valence-corrected chi connectivity index (χ0v) is 11.4. The van der Waals surface area contributed by atoms with Crippen molar-refractivity contribution < 1.29 is 14.3 Å². The van der Waals surface area contributed by atoms with E-state index in [-0.39, 0.29) is 18.1 Å². The zero-order chi connectivity index (χ0) is 13.3. The number of ether oxygens (including phenoxy) is 2. The van der Waals surface area contributed by atoms with Crippen LogP contribution >= 0.6 is 0 Å². The van der Waals surface area contributed by atoms with Gasteiger partial charge in [-0.25, -0.2) is 0 Å². The molecule has 1 saturated carbocycles. The first-order valence-electron chi connectivity index (χ1n) is 6.78. The molecule has 0 saturated heterocycles. The highest BCUT2D eigenvalue weighted by Gasteiger charge is 2.27. The zero-order valence-electron chi connectivity index (χ0n) is 11.4. The number of amides is 1. The number of carbonyl (C=O) groups excluding carboxylic acids is 1. The van der Waals surface area contributed by atoms with Crippen LogP contribution in [0.4, 0.5) is 0 Å². The molecule has 0 atom stereocenters. The molecular weight excluding hydrogens is 232 g/mol. The molecule has 106 valence electrons. The second-order valence-corrected chi connectivity index (χ2v) is 5.11. The average molecular weight is 258 g/mol. The number of carbonyl (C=O) groups is 1. The Morgan fingerprint density at radius 2 is 2.06 bits per heavy atom. The molecule has 0 heterocycles. The summed E-state index contributed by atoms with van der Waals surface area (Å²) in [6.07, 6.45) is 6.43. The summed E-state index contributed by atoms with van der Waals surface area (Å²) < 4.78 is 10.3. The van der Waals surface area contributed by atoms with Crippen LogP contribution in [0.5, 0.6) is 0 Å². The van der Waals surface area contributed by atoms with Gasteiger partial charge in [-0.15, -0.1) is 0 Å². The van der Waals surface area contributed by atoms with Gasteiger partial charge in [-0.2, -0.15) is 0 Å². The Bertz CT molecular complexity index is 240. The third kappa shape index (κ3) is 6.33. The first-order chi connectivity index (χ1) is 8.66. The molecule has 1 aliphatic carbocycles. The molecule has 0 aromatic heterocycles. The van der Waals surface area contributed by atoms with E-state index < -0.39 is 0 Å². The maximum Gasteiger partial charge on any atom is 0.246 e. The fourth-order valence-corrected chi connectivity index (χ4v) is 2.24. The van der Waals surface area contributed by atoms with E-state index in [2.05, 4.69) is 5.32 Å². The molecule has 1 fully saturated rings. The number of hydrogen-bond acceptors (Lipinski definition) is 4. The van der Waals surface area contributed by atoms with Crippen molar-refractivity contribution in [1.82, 2.24) is 5.32 Å². The van der Waals surface area contributed by atoms with Gasteiger partial charge in [0.25, 0.3) is 0 Å². The second-order valence-electron chi connectivity index (χ2n) is 5.11. The fourth-order valence-electron chi connectivity index (χ4n) is 2.24. The summed E-state index contributed by atoms with van der Waals surface area (Å²) in [5, 5.41) is 2.78. The van der Waals surface area contributed by atoms with Crippen LogP contribution in [-0.2, 0) is 14.3 Å². The predicted octanol–water partition coefficient (Wildman–Crippen LogP) is 0.817. The molecule has 18 heavy (non-hydrogen) atoms. The summed E-state index contributed by atoms with van der Waals surface area (Å²) in [7, 11) is 1.65. The van der Waals surface area contributed by atoms with Crippen LogP contribution in [0.1, 0.15) is 38.5 Å². The van der Waals surface area contributed by atoms with Gasteiger partial charge in [0.2, 0.25) is 5.91 Å². The van der Waals surface area contributed by atoms with E-state index in [1.807, 2.05) is 0 Å². The number of hydrogen-bond donors (Lipinski definition) is 2. The van der Waals surface area contributed by atoms with E-state index in [4.69, 9.17) is 15.2 Å². The third-order valence-corrected chi connectivity index (χ3v) is 3.32. The van der Waals surface area contributed by atoms with E-state index in [0.29, 0.717) is 19.8 Å². The van der Waals surface area contributed by atoms with Crippen LogP contribution in [0.2, 0.25) is 0 Å². The Balaban J connectivity index is 2.04. The Labute approximate surface area is 109 Å². The molecular formula is C13H26N2O3. The highest BCUT2D eigenvalue weighted by atomic mass is 16.5. The molecule has 5 heteroatoms. The van der Waals surface area contributed by atoms with E-state index in [1.54, 1.807) is 7.11 Å². The molecule has 3 N–H and O–H groups in total. The summed E-state index contributed by atoms with van der Waals surface area (Å²) in [5.41, 5.74) is 6.00. The third-order valence-electron chi connectivity index (χ3n) is 3.32. The first kappa shape index (κ1) is 15.4. The number of nitrogens with one attached hydrogen (secondary N) is 1. The molecule has 0 aromatic rings. The summed E-state index contributed by atoms with van der Waals surface area (Å²) in [5.74, 6) is -0.0782. The summed E-state index contributed by atoms with van der Waals surface area (Å²) in [6.45, 7) is 1.88. The van der Waals surface area contributed by atoms with Gasteiger partial charge in [-0.3, -0.25) is 4.79 Å². The lowest BCUT2D eigenvalue weighted by molar-refractivity contribution is -0.126. The van der Waals surface area contributed by atoms with Crippen LogP contribution in [0.3, 0.4) is 0 Å². The van der Waals surface area contributed by atoms with Gasteiger partial charge in [-0.1, -0.05) is 19.3 Å². The molecule has 1 amide bonds. The van der Waals surface area contributed by atoms with Crippen molar-refractivity contribution in [1.29, 1.82) is 0 Å². The lowest BCUT2D eigenvalue weighted by Crippen LogP contribution is -2.46. The maximum absolute atomic E-state index is 11.4. The standard InChI is InChI=1S/C13H26N2O3/c1-17-9-5-8-15-12(16)10-18-11-13(14)6-3-2-4-7-13/h2-11,14H2,1H3,(H,15,16). The molecule has 0 bridgehead atoms. The summed E-state index contributed by atoms with van der Waals surface area (Å²) >= 11 is 0. The normalized spacial score (nSPS) is 18.6. The van der Waals surface area contributed by atoms with E-state index in [0.717, 1.165) is 19.3 Å². The van der Waals surface area contributed by atoms with E-state index >= 15 is 0 Å². The van der Waals surface area contributed by atoms with Crippen molar-refractivity contribution in [2.24, 2.45) is 5.73 Å². The Morgan fingerprint density at radius 3 is 2.72 bits per heavy atom. The minimum absolute atomic E-state index is 0.0782. The van der Waals surface area contributed by atoms with Crippen LogP contribution in [-0.4, -0.2) is 44.9 Å². The van der Waals surface area contributed by atoms with Gasteiger partial charge in [0.15, 0.2) is 0 Å². The monoisotopic (exact) mass is 258 g/mol. The Hall–Kier alpha value is -0.650. The molecule has 0 aliphatic heterocycles. The predicted molar refractivity (Wildman–Crippen MR) is 70.3 cm³/mol. The molecule has 0 radical (unpaired) electrons. The average Bonchev–Trinajstić information content (AvgIpc) is 2.35. The Morgan fingerprint density at radius 1 is 1.33 bits per heavy atom. The maximum atomic E-state index is 11.4. The van der Waals surface area contributed by atoms with Crippen molar-refractivity contribution in [3.63, 3.8) is 0 Å². The van der Waals surface area contributed by atoms with Gasteiger partial charge >= 0.3 is 0 Å². The quantitative estimate of drug-likeness (QED) is 0.632. The molecule has 0 aromatic carbocycles. The number of nitrogens with two attached hydrogens (primary N) is 1. The van der Waals surface area contributed by atoms with Gasteiger partial charge in [0.1, 0.15) is 6.61 Å². The van der Waals surface area contributed by atoms with Crippen LogP contribution < -0.4 is 11.1 Å². The van der Waals surface area contributed by atoms with Crippen molar-refractivity contribution in [3.05, 3.63) is 0 Å². The summed E-state index contributed by atoms with van der Waals surface area (Å²) in [4.78, 5) is 11.4. The van der Waals surface area contributed by atoms with Crippen molar-refractivity contribution >= 4 is 5.91 Å². The highest BCUT2D eigenvalue weighted by Crippen LogP contribution is 2.25. The van der Waals surface area contributed by atoms with Crippen molar-refractivity contribution in [3.8, 4) is 0 Å². The van der Waals surface area contributed by atoms with E-state index in [9.17, 15) is 4.79 Å². The molecule has 1 rings (SSSR count). The van der Waals surface area contributed by atoms with Crippen LogP contribution in [0.25, 0.3) is 0 Å². The Kier molecular flexibility index (Phi) is 7.23. The SMILES string of the molecule is COCCCNC(=O)COCC1(N)CCCCC1. The van der Waals surface area contributed by atoms with Gasteiger partial charge in [-0.05, 0) is 19.3 Å². The lowest BCUT2D eigenvalue weighted by atomic mass is 9.83. The first-order valence-corrected chi connectivity index (χ1v) is 6.78. The van der Waals surface area contributed by atoms with Gasteiger partial charge < -0.3 is 20.5 Å². The smallest absolute Gasteiger partial charge is 0.246 e. The number of methoxy groups -OCH3 is 1. The van der Waals surface area contributed by atoms with Crippen molar-refractivity contribution in [2.75, 3.05) is 33.5 Å². The van der Waals surface area contributed by atoms with Gasteiger partial charge in [0.05, 0.1) is 6.61 Å². The summed E-state index contributed by atoms with van der Waals surface area (Å²) in [6, 6.07) is 0. The molecule has 0 spiro atoms. The lowest BCUT2D eigenvalue weighted by Gasteiger charge is -2.32.